The van der Waals surface area contributed by atoms with Gasteiger partial charge in [0.15, 0.2) is 5.82 Å². The minimum Gasteiger partial charge on any atom is -0.496 e. The first-order valence-corrected chi connectivity index (χ1v) is 8.87. The topological polar surface area (TPSA) is 84.4 Å². The fourth-order valence-corrected chi connectivity index (χ4v) is 3.06. The predicted molar refractivity (Wildman–Crippen MR) is 102 cm³/mol. The second-order valence-corrected chi connectivity index (χ2v) is 6.29. The van der Waals surface area contributed by atoms with Gasteiger partial charge in [-0.25, -0.2) is 9.97 Å². The molecule has 140 valence electrons. The number of pyridine rings is 1. The van der Waals surface area contributed by atoms with Crippen LogP contribution in [-0.2, 0) is 22.6 Å². The van der Waals surface area contributed by atoms with Gasteiger partial charge >= 0.3 is 0 Å². The summed E-state index contributed by atoms with van der Waals surface area (Å²) in [4.78, 5) is 9.22. The lowest BCUT2D eigenvalue weighted by atomic mass is 10.1. The highest BCUT2D eigenvalue weighted by Crippen LogP contribution is 2.34. The van der Waals surface area contributed by atoms with Crippen molar-refractivity contribution < 1.29 is 14.2 Å². The number of imidazole rings is 1. The molecule has 7 nitrogen and oxygen atoms in total. The smallest absolute Gasteiger partial charge is 0.152 e. The Hall–Kier alpha value is -2.38. The molecule has 1 aromatic carbocycles. The highest BCUT2D eigenvalue weighted by molar-refractivity contribution is 6.09. The Kier molecular flexibility index (Phi) is 5.58. The van der Waals surface area contributed by atoms with Gasteiger partial charge in [-0.15, -0.1) is 0 Å². The highest BCUT2D eigenvalue weighted by atomic mass is 16.5. The van der Waals surface area contributed by atoms with Gasteiger partial charge in [0.25, 0.3) is 0 Å². The largest absolute Gasteiger partial charge is 0.496 e. The summed E-state index contributed by atoms with van der Waals surface area (Å²) in [5, 5.41) is 0.902. The molecule has 0 fully saturated rings. The Morgan fingerprint density at radius 3 is 2.73 bits per heavy atom. The van der Waals surface area contributed by atoms with Crippen LogP contribution < -0.4 is 10.5 Å². The van der Waals surface area contributed by atoms with Crippen molar-refractivity contribution in [1.82, 2.24) is 14.5 Å². The van der Waals surface area contributed by atoms with Crippen LogP contribution in [0.5, 0.6) is 5.75 Å². The Balaban J connectivity index is 2.23. The summed E-state index contributed by atoms with van der Waals surface area (Å²) in [6, 6.07) is 5.75. The summed E-state index contributed by atoms with van der Waals surface area (Å²) < 4.78 is 19.1. The number of nitrogens with zero attached hydrogens (tertiary/aromatic N) is 3. The third-order valence-electron chi connectivity index (χ3n) is 4.19. The second-order valence-electron chi connectivity index (χ2n) is 6.29. The zero-order valence-electron chi connectivity index (χ0n) is 15.8. The molecule has 2 heterocycles. The number of anilines is 1. The maximum absolute atomic E-state index is 6.20. The molecule has 2 aromatic heterocycles. The second kappa shape index (κ2) is 7.88. The van der Waals surface area contributed by atoms with Crippen LogP contribution in [0.25, 0.3) is 21.9 Å². The van der Waals surface area contributed by atoms with Gasteiger partial charge in [0.1, 0.15) is 23.7 Å². The molecular weight excluding hydrogens is 332 g/mol. The van der Waals surface area contributed by atoms with E-state index < -0.39 is 0 Å². The molecule has 0 amide bonds. The third-order valence-corrected chi connectivity index (χ3v) is 4.19. The maximum Gasteiger partial charge on any atom is 0.152 e. The van der Waals surface area contributed by atoms with Gasteiger partial charge in [-0.1, -0.05) is 6.07 Å². The van der Waals surface area contributed by atoms with E-state index in [2.05, 4.69) is 9.55 Å². The number of rotatable bonds is 8. The van der Waals surface area contributed by atoms with Crippen LogP contribution in [-0.4, -0.2) is 41.0 Å². The number of ether oxygens (including phenoxy) is 3. The molecule has 0 atom stereocenters. The summed E-state index contributed by atoms with van der Waals surface area (Å²) in [6.07, 6.45) is 0.165. The fourth-order valence-electron chi connectivity index (χ4n) is 3.06. The number of hydrogen-bond donors (Lipinski definition) is 1. The standard InChI is InChI=1S/C19H26N4O3/c1-5-25-11-15-22-17-18(23(15)9-10-26-12(2)3)16-13(21-19(17)20)7-6-8-14(16)24-4/h6-8,12H,5,9-11H2,1-4H3,(H2,20,21). The number of methoxy groups -OCH3 is 1. The minimum atomic E-state index is 0.165. The first kappa shape index (κ1) is 18.4. The van der Waals surface area contributed by atoms with Crippen LogP contribution in [0.15, 0.2) is 18.2 Å². The zero-order chi connectivity index (χ0) is 18.7. The average Bonchev–Trinajstić information content (AvgIpc) is 2.98. The molecule has 7 heteroatoms. The van der Waals surface area contributed by atoms with Crippen LogP contribution in [0.4, 0.5) is 5.82 Å². The van der Waals surface area contributed by atoms with E-state index in [1.807, 2.05) is 39.0 Å². The van der Waals surface area contributed by atoms with Crippen molar-refractivity contribution in [2.24, 2.45) is 0 Å². The summed E-state index contributed by atoms with van der Waals surface area (Å²) in [5.74, 6) is 1.96. The van der Waals surface area contributed by atoms with Crippen molar-refractivity contribution in [3.8, 4) is 5.75 Å². The van der Waals surface area contributed by atoms with Gasteiger partial charge in [0, 0.05) is 13.2 Å². The summed E-state index contributed by atoms with van der Waals surface area (Å²) >= 11 is 0. The first-order chi connectivity index (χ1) is 12.6. The highest BCUT2D eigenvalue weighted by Gasteiger charge is 2.19. The Bertz CT molecular complexity index is 905. The van der Waals surface area contributed by atoms with Crippen molar-refractivity contribution in [2.45, 2.75) is 40.0 Å². The van der Waals surface area contributed by atoms with Crippen molar-refractivity contribution in [1.29, 1.82) is 0 Å². The lowest BCUT2D eigenvalue weighted by molar-refractivity contribution is 0.0708. The van der Waals surface area contributed by atoms with E-state index in [0.29, 0.717) is 37.7 Å². The summed E-state index contributed by atoms with van der Waals surface area (Å²) in [5.41, 5.74) is 8.56. The SMILES string of the molecule is CCOCc1nc2c(N)nc3cccc(OC)c3c2n1CCOC(C)C. The molecule has 0 saturated heterocycles. The lowest BCUT2D eigenvalue weighted by Gasteiger charge is -2.14. The molecule has 0 radical (unpaired) electrons. The Morgan fingerprint density at radius 1 is 1.23 bits per heavy atom. The molecule has 3 rings (SSSR count). The van der Waals surface area contributed by atoms with Crippen LogP contribution in [0.2, 0.25) is 0 Å². The molecule has 0 aliphatic carbocycles. The van der Waals surface area contributed by atoms with E-state index in [1.165, 1.54) is 0 Å². The Labute approximate surface area is 153 Å². The number of nitrogens with two attached hydrogens (primary N) is 1. The molecular formula is C19H26N4O3. The fraction of sp³-hybridized carbons (Fsp3) is 0.474. The molecule has 3 aromatic rings. The van der Waals surface area contributed by atoms with Crippen molar-refractivity contribution >= 4 is 27.8 Å². The van der Waals surface area contributed by atoms with Crippen LogP contribution >= 0.6 is 0 Å². The normalized spacial score (nSPS) is 11.7. The maximum atomic E-state index is 6.20. The zero-order valence-corrected chi connectivity index (χ0v) is 15.8. The van der Waals surface area contributed by atoms with Gasteiger partial charge in [-0.2, -0.15) is 0 Å². The van der Waals surface area contributed by atoms with Crippen LogP contribution in [0.1, 0.15) is 26.6 Å². The molecule has 0 bridgehead atoms. The molecule has 0 aliphatic rings. The van der Waals surface area contributed by atoms with Crippen LogP contribution in [0.3, 0.4) is 0 Å². The van der Waals surface area contributed by atoms with Gasteiger partial charge in [0.2, 0.25) is 0 Å². The molecule has 26 heavy (non-hydrogen) atoms. The van der Waals surface area contributed by atoms with Crippen molar-refractivity contribution in [3.63, 3.8) is 0 Å². The van der Waals surface area contributed by atoms with E-state index in [9.17, 15) is 0 Å². The van der Waals surface area contributed by atoms with Gasteiger partial charge in [-0.3, -0.25) is 0 Å². The summed E-state index contributed by atoms with van der Waals surface area (Å²) in [6.45, 7) is 8.24. The third kappa shape index (κ3) is 3.45. The van der Waals surface area contributed by atoms with Crippen molar-refractivity contribution in [3.05, 3.63) is 24.0 Å². The number of benzene rings is 1. The van der Waals surface area contributed by atoms with Crippen LogP contribution in [0, 0.1) is 0 Å². The first-order valence-electron chi connectivity index (χ1n) is 8.87. The van der Waals surface area contributed by atoms with E-state index in [1.54, 1.807) is 7.11 Å². The van der Waals surface area contributed by atoms with E-state index >= 15 is 0 Å². The number of nitrogen functional groups attached to an aromatic ring is 1. The molecule has 2 N–H and O–H groups in total. The quantitative estimate of drug-likeness (QED) is 0.666. The van der Waals surface area contributed by atoms with E-state index in [4.69, 9.17) is 24.9 Å². The molecule has 0 spiro atoms. The lowest BCUT2D eigenvalue weighted by Crippen LogP contribution is -2.13. The number of hydrogen-bond acceptors (Lipinski definition) is 6. The predicted octanol–water partition coefficient (Wildman–Crippen LogP) is 3.14. The van der Waals surface area contributed by atoms with E-state index in [0.717, 1.165) is 28.0 Å². The molecule has 0 saturated carbocycles. The van der Waals surface area contributed by atoms with Gasteiger partial charge < -0.3 is 24.5 Å². The molecule has 0 aliphatic heterocycles. The van der Waals surface area contributed by atoms with Gasteiger partial charge in [0.05, 0.1) is 36.2 Å². The average molecular weight is 358 g/mol. The molecule has 0 unspecified atom stereocenters. The minimum absolute atomic E-state index is 0.165. The van der Waals surface area contributed by atoms with Gasteiger partial charge in [-0.05, 0) is 32.9 Å². The number of aromatic nitrogens is 3. The summed E-state index contributed by atoms with van der Waals surface area (Å²) in [7, 11) is 1.65. The Morgan fingerprint density at radius 2 is 2.04 bits per heavy atom. The number of fused-ring (bicyclic) bond motifs is 3. The van der Waals surface area contributed by atoms with Crippen molar-refractivity contribution in [2.75, 3.05) is 26.1 Å². The van der Waals surface area contributed by atoms with E-state index in [-0.39, 0.29) is 6.10 Å². The monoisotopic (exact) mass is 358 g/mol.